The maximum absolute atomic E-state index is 10.0. The first kappa shape index (κ1) is 19.6. The van der Waals surface area contributed by atoms with E-state index >= 15 is 0 Å². The molecule has 0 aromatic heterocycles. The predicted molar refractivity (Wildman–Crippen MR) is 87.0 cm³/mol. The van der Waals surface area contributed by atoms with E-state index in [1.807, 2.05) is 0 Å². The highest BCUT2D eigenvalue weighted by atomic mass is 16.7. The molecule has 8 heteroatoms. The fourth-order valence-corrected chi connectivity index (χ4v) is 2.48. The highest BCUT2D eigenvalue weighted by Crippen LogP contribution is 2.29. The molecule has 6 N–H and O–H groups in total. The van der Waals surface area contributed by atoms with Gasteiger partial charge < -0.3 is 40.1 Å². The molecule has 0 spiro atoms. The van der Waals surface area contributed by atoms with Gasteiger partial charge in [0.2, 0.25) is 6.29 Å². The third-order valence-corrected chi connectivity index (χ3v) is 4.06. The molecule has 1 aromatic rings. The number of aromatic hydroxyl groups is 1. The molecular formula is C17H24O8. The van der Waals surface area contributed by atoms with Crippen LogP contribution in [-0.2, 0) is 11.2 Å². The molecule has 1 aliphatic rings. The number of phenolic OH excluding ortho intramolecular Hbond substituents is 1. The van der Waals surface area contributed by atoms with Crippen LogP contribution in [-0.4, -0.2) is 74.6 Å². The second-order valence-corrected chi connectivity index (χ2v) is 6.02. The summed E-state index contributed by atoms with van der Waals surface area (Å²) in [5.74, 6) is 0.315. The highest BCUT2D eigenvalue weighted by molar-refractivity contribution is 5.41. The van der Waals surface area contributed by atoms with Crippen LogP contribution in [0.5, 0.6) is 11.5 Å². The van der Waals surface area contributed by atoms with Crippen LogP contribution in [0, 0.1) is 0 Å². The molecule has 5 atom stereocenters. The van der Waals surface area contributed by atoms with Gasteiger partial charge in [0.1, 0.15) is 35.9 Å². The summed E-state index contributed by atoms with van der Waals surface area (Å²) in [4.78, 5) is 0. The van der Waals surface area contributed by atoms with Crippen molar-refractivity contribution < 1.29 is 40.1 Å². The number of phenols is 1. The van der Waals surface area contributed by atoms with Crippen molar-refractivity contribution in [3.05, 3.63) is 35.4 Å². The zero-order chi connectivity index (χ0) is 18.6. The Balaban J connectivity index is 2.21. The number of aliphatic hydroxyl groups is 5. The second-order valence-electron chi connectivity index (χ2n) is 6.02. The number of rotatable bonds is 6. The van der Waals surface area contributed by atoms with E-state index in [0.717, 1.165) is 5.57 Å². The van der Waals surface area contributed by atoms with Gasteiger partial charge in [0.05, 0.1) is 13.2 Å². The minimum Gasteiger partial charge on any atom is -0.508 e. The normalized spacial score (nSPS) is 30.3. The van der Waals surface area contributed by atoms with Crippen LogP contribution >= 0.6 is 0 Å². The molecule has 1 fully saturated rings. The summed E-state index contributed by atoms with van der Waals surface area (Å²) < 4.78 is 10.9. The monoisotopic (exact) mass is 356 g/mol. The van der Waals surface area contributed by atoms with Crippen molar-refractivity contribution in [2.24, 2.45) is 0 Å². The Kier molecular flexibility index (Phi) is 6.77. The van der Waals surface area contributed by atoms with Crippen LogP contribution in [0.4, 0.5) is 0 Å². The van der Waals surface area contributed by atoms with E-state index in [1.165, 1.54) is 18.2 Å². The first-order chi connectivity index (χ1) is 11.9. The number of hydrogen-bond acceptors (Lipinski definition) is 8. The van der Waals surface area contributed by atoms with Crippen molar-refractivity contribution in [2.75, 3.05) is 13.2 Å². The third-order valence-electron chi connectivity index (χ3n) is 4.06. The highest BCUT2D eigenvalue weighted by Gasteiger charge is 2.44. The van der Waals surface area contributed by atoms with Gasteiger partial charge in [-0.15, -0.1) is 0 Å². The van der Waals surface area contributed by atoms with E-state index < -0.39 is 37.3 Å². The number of hydrogen-bond donors (Lipinski definition) is 6. The smallest absolute Gasteiger partial charge is 0.229 e. The van der Waals surface area contributed by atoms with Crippen molar-refractivity contribution in [3.63, 3.8) is 0 Å². The first-order valence-electron chi connectivity index (χ1n) is 7.93. The van der Waals surface area contributed by atoms with Crippen LogP contribution in [0.1, 0.15) is 12.5 Å². The maximum atomic E-state index is 10.0. The lowest BCUT2D eigenvalue weighted by molar-refractivity contribution is -0.277. The topological polar surface area (TPSA) is 140 Å². The van der Waals surface area contributed by atoms with E-state index in [-0.39, 0.29) is 12.4 Å². The van der Waals surface area contributed by atoms with Crippen molar-refractivity contribution >= 4 is 0 Å². The van der Waals surface area contributed by atoms with E-state index in [4.69, 9.17) is 14.6 Å². The van der Waals surface area contributed by atoms with Gasteiger partial charge in [-0.3, -0.25) is 0 Å². The van der Waals surface area contributed by atoms with E-state index in [9.17, 15) is 25.5 Å². The van der Waals surface area contributed by atoms with E-state index in [1.54, 1.807) is 13.0 Å². The molecule has 0 saturated carbocycles. The van der Waals surface area contributed by atoms with Crippen molar-refractivity contribution in [3.8, 4) is 11.5 Å². The number of allylic oxidation sites excluding steroid dienone is 1. The average Bonchev–Trinajstić information content (AvgIpc) is 2.61. The number of benzene rings is 1. The first-order valence-corrected chi connectivity index (χ1v) is 7.93. The molecule has 140 valence electrons. The van der Waals surface area contributed by atoms with Crippen molar-refractivity contribution in [1.29, 1.82) is 0 Å². The van der Waals surface area contributed by atoms with Crippen LogP contribution in [0.2, 0.25) is 0 Å². The minimum atomic E-state index is -1.53. The number of ether oxygens (including phenoxy) is 2. The van der Waals surface area contributed by atoms with Crippen molar-refractivity contribution in [2.45, 2.75) is 44.1 Å². The average molecular weight is 356 g/mol. The van der Waals surface area contributed by atoms with Gasteiger partial charge in [-0.2, -0.15) is 0 Å². The van der Waals surface area contributed by atoms with Crippen LogP contribution in [0.25, 0.3) is 0 Å². The number of aliphatic hydroxyl groups excluding tert-OH is 5. The fourth-order valence-electron chi connectivity index (χ4n) is 2.48. The summed E-state index contributed by atoms with van der Waals surface area (Å²) in [6.07, 6.45) is -4.78. The quantitative estimate of drug-likeness (QED) is 0.359. The van der Waals surface area contributed by atoms with Crippen LogP contribution in [0.3, 0.4) is 0 Å². The molecule has 25 heavy (non-hydrogen) atoms. The Hall–Kier alpha value is -1.68. The van der Waals surface area contributed by atoms with Crippen molar-refractivity contribution in [1.82, 2.24) is 0 Å². The Bertz CT molecular complexity index is 600. The lowest BCUT2D eigenvalue weighted by atomic mass is 9.99. The van der Waals surface area contributed by atoms with Crippen LogP contribution < -0.4 is 4.74 Å². The maximum Gasteiger partial charge on any atom is 0.229 e. The fraction of sp³-hybridized carbons (Fsp3) is 0.529. The van der Waals surface area contributed by atoms with Crippen LogP contribution in [0.15, 0.2) is 29.8 Å². The van der Waals surface area contributed by atoms with E-state index in [2.05, 4.69) is 0 Å². The van der Waals surface area contributed by atoms with Gasteiger partial charge in [-0.05, 0) is 31.5 Å². The van der Waals surface area contributed by atoms with Gasteiger partial charge in [0.25, 0.3) is 0 Å². The molecule has 2 rings (SSSR count). The van der Waals surface area contributed by atoms with Gasteiger partial charge >= 0.3 is 0 Å². The Labute approximate surface area is 145 Å². The molecule has 1 aliphatic heterocycles. The molecule has 0 radical (unpaired) electrons. The lowest BCUT2D eigenvalue weighted by Crippen LogP contribution is -2.60. The largest absolute Gasteiger partial charge is 0.508 e. The minimum absolute atomic E-state index is 0.0196. The molecule has 0 unspecified atom stereocenters. The molecule has 1 heterocycles. The molecule has 0 bridgehead atoms. The summed E-state index contributed by atoms with van der Waals surface area (Å²) in [6.45, 7) is 1.11. The zero-order valence-corrected chi connectivity index (χ0v) is 13.8. The van der Waals surface area contributed by atoms with E-state index in [0.29, 0.717) is 17.7 Å². The summed E-state index contributed by atoms with van der Waals surface area (Å²) in [5.41, 5.74) is 1.31. The van der Waals surface area contributed by atoms with Gasteiger partial charge in [0, 0.05) is 5.56 Å². The Morgan fingerprint density at radius 3 is 2.52 bits per heavy atom. The summed E-state index contributed by atoms with van der Waals surface area (Å²) in [7, 11) is 0. The molecule has 0 aliphatic carbocycles. The van der Waals surface area contributed by atoms with Gasteiger partial charge in [0.15, 0.2) is 0 Å². The molecule has 0 amide bonds. The zero-order valence-electron chi connectivity index (χ0n) is 13.8. The summed E-state index contributed by atoms with van der Waals surface area (Å²) in [6, 6.07) is 4.35. The molecule has 1 saturated heterocycles. The molecular weight excluding hydrogens is 332 g/mol. The Morgan fingerprint density at radius 2 is 1.88 bits per heavy atom. The van der Waals surface area contributed by atoms with Gasteiger partial charge in [-0.1, -0.05) is 11.6 Å². The summed E-state index contributed by atoms with van der Waals surface area (Å²) in [5, 5.41) is 57.6. The Morgan fingerprint density at radius 1 is 1.16 bits per heavy atom. The second kappa shape index (κ2) is 8.61. The summed E-state index contributed by atoms with van der Waals surface area (Å²) >= 11 is 0. The van der Waals surface area contributed by atoms with Gasteiger partial charge in [-0.25, -0.2) is 0 Å². The predicted octanol–water partition coefficient (Wildman–Crippen LogP) is -0.948. The molecule has 1 aromatic carbocycles. The lowest BCUT2D eigenvalue weighted by Gasteiger charge is -2.39. The third kappa shape index (κ3) is 4.69. The molecule has 8 nitrogen and oxygen atoms in total. The standard InChI is InChI=1S/C17H24O8/c1-9(7-18)2-3-10-6-11(20)4-5-12(10)24-17-16(23)15(22)14(21)13(8-19)25-17/h2,4-6,13-23H,3,7-8H2,1H3/b9-2+/t13-,14-,15+,16-,17-/m1/s1. The SMILES string of the molecule is C/C(=C\Cc1cc(O)ccc1O[C@@H]1O[C@H](CO)[C@@H](O)[C@H](O)[C@H]1O)CO.